The monoisotopic (exact) mass is 331 g/mol. The lowest BCUT2D eigenvalue weighted by molar-refractivity contribution is 0.164. The number of hydrogen-bond donors (Lipinski definition) is 0. The third-order valence-corrected chi connectivity index (χ3v) is 9.23. The van der Waals surface area contributed by atoms with Crippen molar-refractivity contribution >= 4 is 24.2 Å². The number of hydrogen-bond acceptors (Lipinski definition) is 2. The number of azide groups is 1. The van der Waals surface area contributed by atoms with Gasteiger partial charge in [0.15, 0.2) is 8.32 Å². The first-order chi connectivity index (χ1) is 8.17. The van der Waals surface area contributed by atoms with E-state index in [1.165, 1.54) is 0 Å². The molecule has 0 amide bonds. The zero-order valence-electron chi connectivity index (χ0n) is 11.8. The molecule has 0 fully saturated rings. The van der Waals surface area contributed by atoms with Gasteiger partial charge in [0, 0.05) is 15.5 Å². The summed E-state index contributed by atoms with van der Waals surface area (Å²) in [6, 6.07) is -0.112. The van der Waals surface area contributed by atoms with E-state index in [2.05, 4.69) is 65.9 Å². The Hall–Kier alpha value is -0.293. The standard InChI is InChI=1S/C12H22BrN3OSi/c1-12(2,3)18(4,5)17-9-6-7-10(13)11(8-9)15-16-14/h7,9,11H,6,8H2,1-5H3/t9-,11-/m1/s1. The van der Waals surface area contributed by atoms with Crippen molar-refractivity contribution in [3.05, 3.63) is 21.0 Å². The second-order valence-electron chi connectivity index (χ2n) is 6.28. The van der Waals surface area contributed by atoms with Gasteiger partial charge in [-0.3, -0.25) is 0 Å². The molecular formula is C12H22BrN3OSi. The smallest absolute Gasteiger partial charge is 0.192 e. The first-order valence-electron chi connectivity index (χ1n) is 6.25. The number of halogens is 1. The summed E-state index contributed by atoms with van der Waals surface area (Å²) < 4.78 is 7.34. The second kappa shape index (κ2) is 5.78. The molecule has 0 aromatic rings. The van der Waals surface area contributed by atoms with Crippen molar-refractivity contribution < 1.29 is 4.43 Å². The van der Waals surface area contributed by atoms with Crippen molar-refractivity contribution in [2.24, 2.45) is 5.11 Å². The molecule has 0 N–H and O–H groups in total. The van der Waals surface area contributed by atoms with Crippen LogP contribution in [0.2, 0.25) is 18.1 Å². The maximum atomic E-state index is 8.56. The summed E-state index contributed by atoms with van der Waals surface area (Å²) in [4.78, 5) is 2.90. The summed E-state index contributed by atoms with van der Waals surface area (Å²) in [7, 11) is -1.75. The van der Waals surface area contributed by atoms with Crippen LogP contribution in [0.3, 0.4) is 0 Å². The van der Waals surface area contributed by atoms with Crippen molar-refractivity contribution in [3.63, 3.8) is 0 Å². The third kappa shape index (κ3) is 3.85. The van der Waals surface area contributed by atoms with Crippen LogP contribution in [0.15, 0.2) is 15.7 Å². The predicted octanol–water partition coefficient (Wildman–Crippen LogP) is 5.13. The van der Waals surface area contributed by atoms with E-state index in [-0.39, 0.29) is 17.2 Å². The van der Waals surface area contributed by atoms with Gasteiger partial charge in [0.25, 0.3) is 0 Å². The molecule has 4 nitrogen and oxygen atoms in total. The Balaban J connectivity index is 2.74. The number of rotatable bonds is 3. The molecule has 0 spiro atoms. The highest BCUT2D eigenvalue weighted by molar-refractivity contribution is 9.11. The lowest BCUT2D eigenvalue weighted by atomic mass is 10.0. The Morgan fingerprint density at radius 2 is 2.11 bits per heavy atom. The Kier molecular flexibility index (Phi) is 5.06. The van der Waals surface area contributed by atoms with Crippen molar-refractivity contribution in [2.45, 2.75) is 63.9 Å². The molecule has 2 atom stereocenters. The molecule has 0 heterocycles. The molecule has 0 saturated carbocycles. The molecule has 1 aliphatic rings. The average molecular weight is 332 g/mol. The molecular weight excluding hydrogens is 310 g/mol. The molecule has 0 saturated heterocycles. The molecule has 1 aliphatic carbocycles. The Morgan fingerprint density at radius 1 is 1.50 bits per heavy atom. The van der Waals surface area contributed by atoms with Gasteiger partial charge in [-0.05, 0) is 36.5 Å². The van der Waals surface area contributed by atoms with Gasteiger partial charge in [-0.2, -0.15) is 0 Å². The quantitative estimate of drug-likeness (QED) is 0.306. The summed E-state index contributed by atoms with van der Waals surface area (Å²) in [5.74, 6) is 0. The first kappa shape index (κ1) is 15.8. The van der Waals surface area contributed by atoms with Crippen LogP contribution in [-0.2, 0) is 4.43 Å². The zero-order chi connectivity index (χ0) is 14.0. The highest BCUT2D eigenvalue weighted by Gasteiger charge is 2.39. The second-order valence-corrected chi connectivity index (χ2v) is 12.0. The van der Waals surface area contributed by atoms with Crippen LogP contribution in [-0.4, -0.2) is 20.5 Å². The van der Waals surface area contributed by atoms with Gasteiger partial charge in [0.1, 0.15) is 0 Å². The summed E-state index contributed by atoms with van der Waals surface area (Å²) in [5.41, 5.74) is 8.56. The van der Waals surface area contributed by atoms with Gasteiger partial charge in [-0.25, -0.2) is 0 Å². The largest absolute Gasteiger partial charge is 0.414 e. The summed E-state index contributed by atoms with van der Waals surface area (Å²) >= 11 is 3.45. The van der Waals surface area contributed by atoms with Crippen LogP contribution in [0.25, 0.3) is 10.4 Å². The highest BCUT2D eigenvalue weighted by Crippen LogP contribution is 2.39. The minimum absolute atomic E-state index is 0.112. The van der Waals surface area contributed by atoms with Crippen molar-refractivity contribution in [1.29, 1.82) is 0 Å². The maximum Gasteiger partial charge on any atom is 0.192 e. The van der Waals surface area contributed by atoms with E-state index in [4.69, 9.17) is 9.96 Å². The van der Waals surface area contributed by atoms with E-state index in [9.17, 15) is 0 Å². The molecule has 102 valence electrons. The van der Waals surface area contributed by atoms with E-state index in [1.54, 1.807) is 0 Å². The Morgan fingerprint density at radius 3 is 2.61 bits per heavy atom. The molecule has 0 bridgehead atoms. The number of nitrogens with zero attached hydrogens (tertiary/aromatic N) is 3. The van der Waals surface area contributed by atoms with Crippen molar-refractivity contribution in [3.8, 4) is 0 Å². The van der Waals surface area contributed by atoms with Gasteiger partial charge in [-0.15, -0.1) is 0 Å². The van der Waals surface area contributed by atoms with E-state index < -0.39 is 8.32 Å². The topological polar surface area (TPSA) is 58.0 Å². The molecule has 0 aromatic heterocycles. The molecule has 0 aromatic carbocycles. The molecule has 6 heteroatoms. The third-order valence-electron chi connectivity index (χ3n) is 3.84. The minimum Gasteiger partial charge on any atom is -0.414 e. The lowest BCUT2D eigenvalue weighted by Crippen LogP contribution is -2.45. The van der Waals surface area contributed by atoms with E-state index in [0.29, 0.717) is 0 Å². The van der Waals surface area contributed by atoms with Crippen LogP contribution in [0, 0.1) is 0 Å². The van der Waals surface area contributed by atoms with Crippen LogP contribution in [0.1, 0.15) is 33.6 Å². The highest BCUT2D eigenvalue weighted by atomic mass is 79.9. The fraction of sp³-hybridized carbons (Fsp3) is 0.833. The summed E-state index contributed by atoms with van der Waals surface area (Å²) in [6.07, 6.45) is 3.90. The predicted molar refractivity (Wildman–Crippen MR) is 81.2 cm³/mol. The SMILES string of the molecule is CC(C)(C)[Si](C)(C)O[C@@H]1CC=C(Br)[C@H](N=[N+]=[N-])C1. The summed E-state index contributed by atoms with van der Waals surface area (Å²) in [5, 5.41) is 4.02. The fourth-order valence-electron chi connectivity index (χ4n) is 1.69. The van der Waals surface area contributed by atoms with Crippen LogP contribution >= 0.6 is 15.9 Å². The summed E-state index contributed by atoms with van der Waals surface area (Å²) in [6.45, 7) is 11.2. The normalized spacial score (nSPS) is 25.3. The van der Waals surface area contributed by atoms with E-state index in [1.807, 2.05) is 0 Å². The fourth-order valence-corrected chi connectivity index (χ4v) is 3.54. The molecule has 0 radical (unpaired) electrons. The molecule has 0 aliphatic heterocycles. The Labute approximate surface area is 119 Å². The van der Waals surface area contributed by atoms with Gasteiger partial charge >= 0.3 is 0 Å². The van der Waals surface area contributed by atoms with Crippen LogP contribution in [0.4, 0.5) is 0 Å². The van der Waals surface area contributed by atoms with Crippen molar-refractivity contribution in [1.82, 2.24) is 0 Å². The minimum atomic E-state index is -1.75. The van der Waals surface area contributed by atoms with Gasteiger partial charge in [0.2, 0.25) is 0 Å². The van der Waals surface area contributed by atoms with Crippen LogP contribution in [0.5, 0.6) is 0 Å². The van der Waals surface area contributed by atoms with Crippen molar-refractivity contribution in [2.75, 3.05) is 0 Å². The van der Waals surface area contributed by atoms with E-state index >= 15 is 0 Å². The molecule has 1 rings (SSSR count). The van der Waals surface area contributed by atoms with Gasteiger partial charge in [0.05, 0.1) is 6.04 Å². The maximum absolute atomic E-state index is 8.56. The van der Waals surface area contributed by atoms with Crippen LogP contribution < -0.4 is 0 Å². The average Bonchev–Trinajstić information content (AvgIpc) is 2.21. The zero-order valence-corrected chi connectivity index (χ0v) is 14.4. The molecule has 0 unspecified atom stereocenters. The lowest BCUT2D eigenvalue weighted by Gasteiger charge is -2.40. The molecule has 18 heavy (non-hydrogen) atoms. The Bertz CT molecular complexity index is 383. The van der Waals surface area contributed by atoms with E-state index in [0.717, 1.165) is 17.3 Å². The first-order valence-corrected chi connectivity index (χ1v) is 9.95. The van der Waals surface area contributed by atoms with Gasteiger partial charge in [-0.1, -0.05) is 47.9 Å². The van der Waals surface area contributed by atoms with Gasteiger partial charge < -0.3 is 4.43 Å².